The normalized spacial score (nSPS) is 12.4. The van der Waals surface area contributed by atoms with Gasteiger partial charge in [-0.25, -0.2) is 0 Å². The molecule has 0 radical (unpaired) electrons. The van der Waals surface area contributed by atoms with Crippen molar-refractivity contribution in [2.45, 2.75) is 18.9 Å². The zero-order chi connectivity index (χ0) is 11.1. The van der Waals surface area contributed by atoms with Crippen LogP contribution in [0.25, 0.3) is 0 Å². The zero-order valence-electron chi connectivity index (χ0n) is 8.98. The van der Waals surface area contributed by atoms with Crippen LogP contribution in [0.15, 0.2) is 30.3 Å². The van der Waals surface area contributed by atoms with E-state index < -0.39 is 0 Å². The molecule has 1 rings (SSSR count). The number of Topliss-reactive ketones (excluding diaryl/α,β-unsaturated/α-hetero) is 1. The number of nitrogens with two attached hydrogens (primary N) is 1. The molecule has 0 spiro atoms. The second-order valence-corrected chi connectivity index (χ2v) is 4.50. The average molecular weight is 223 g/mol. The van der Waals surface area contributed by atoms with Gasteiger partial charge < -0.3 is 5.73 Å². The van der Waals surface area contributed by atoms with Gasteiger partial charge >= 0.3 is 0 Å². The minimum atomic E-state index is -0.308. The van der Waals surface area contributed by atoms with Crippen LogP contribution in [-0.4, -0.2) is 23.8 Å². The van der Waals surface area contributed by atoms with Crippen molar-refractivity contribution in [3.8, 4) is 0 Å². The Morgan fingerprint density at radius 3 is 2.67 bits per heavy atom. The highest BCUT2D eigenvalue weighted by Crippen LogP contribution is 2.05. The number of rotatable bonds is 6. The summed E-state index contributed by atoms with van der Waals surface area (Å²) in [5.74, 6) is 1.08. The topological polar surface area (TPSA) is 43.1 Å². The van der Waals surface area contributed by atoms with E-state index in [2.05, 4.69) is 0 Å². The highest BCUT2D eigenvalue weighted by molar-refractivity contribution is 7.98. The molecule has 0 saturated heterocycles. The maximum absolute atomic E-state index is 11.7. The summed E-state index contributed by atoms with van der Waals surface area (Å²) in [6.45, 7) is 0. The van der Waals surface area contributed by atoms with Crippen LogP contribution < -0.4 is 5.73 Å². The molecule has 1 unspecified atom stereocenters. The number of thioether (sulfide) groups is 1. The Balaban J connectivity index is 2.42. The van der Waals surface area contributed by atoms with Gasteiger partial charge in [0.25, 0.3) is 0 Å². The van der Waals surface area contributed by atoms with Gasteiger partial charge in [0.15, 0.2) is 5.78 Å². The quantitative estimate of drug-likeness (QED) is 0.800. The third-order valence-electron chi connectivity index (χ3n) is 2.27. The molecule has 2 nitrogen and oxygen atoms in total. The predicted molar refractivity (Wildman–Crippen MR) is 66.1 cm³/mol. The molecule has 0 aliphatic heterocycles. The van der Waals surface area contributed by atoms with Gasteiger partial charge in [-0.1, -0.05) is 30.3 Å². The molecule has 0 heterocycles. The first kappa shape index (κ1) is 12.3. The fourth-order valence-electron chi connectivity index (χ4n) is 1.33. The Morgan fingerprint density at radius 2 is 2.07 bits per heavy atom. The standard InChI is InChI=1S/C12H17NOS/c1-15-8-7-11(13)12(14)9-10-5-3-2-4-6-10/h2-6,11H,7-9,13H2,1H3. The fourth-order valence-corrected chi connectivity index (χ4v) is 1.82. The molecule has 3 heteroatoms. The Labute approximate surface area is 95.2 Å². The molecule has 0 saturated carbocycles. The van der Waals surface area contributed by atoms with Crippen molar-refractivity contribution in [2.75, 3.05) is 12.0 Å². The number of hydrogen-bond donors (Lipinski definition) is 1. The lowest BCUT2D eigenvalue weighted by Crippen LogP contribution is -2.32. The Morgan fingerprint density at radius 1 is 1.40 bits per heavy atom. The molecule has 82 valence electrons. The van der Waals surface area contributed by atoms with Crippen molar-refractivity contribution < 1.29 is 4.79 Å². The Kier molecular flexibility index (Phi) is 5.43. The van der Waals surface area contributed by atoms with E-state index in [1.54, 1.807) is 11.8 Å². The van der Waals surface area contributed by atoms with Crippen LogP contribution in [-0.2, 0) is 11.2 Å². The lowest BCUT2D eigenvalue weighted by Gasteiger charge is -2.09. The maximum Gasteiger partial charge on any atom is 0.153 e. The van der Waals surface area contributed by atoms with Crippen LogP contribution in [0.4, 0.5) is 0 Å². The molecule has 1 atom stereocenters. The average Bonchev–Trinajstić information content (AvgIpc) is 2.27. The molecule has 0 aromatic heterocycles. The van der Waals surface area contributed by atoms with Gasteiger partial charge in [0.05, 0.1) is 6.04 Å². The number of carbonyl (C=O) groups is 1. The third kappa shape index (κ3) is 4.49. The fraction of sp³-hybridized carbons (Fsp3) is 0.417. The maximum atomic E-state index is 11.7. The largest absolute Gasteiger partial charge is 0.321 e. The van der Waals surface area contributed by atoms with Crippen LogP contribution in [0.1, 0.15) is 12.0 Å². The van der Waals surface area contributed by atoms with Crippen molar-refractivity contribution >= 4 is 17.5 Å². The van der Waals surface area contributed by atoms with E-state index in [0.717, 1.165) is 17.7 Å². The second-order valence-electron chi connectivity index (χ2n) is 3.52. The molecular weight excluding hydrogens is 206 g/mol. The molecule has 0 bridgehead atoms. The van der Waals surface area contributed by atoms with Crippen molar-refractivity contribution in [3.05, 3.63) is 35.9 Å². The first-order valence-electron chi connectivity index (χ1n) is 5.05. The number of benzene rings is 1. The zero-order valence-corrected chi connectivity index (χ0v) is 9.80. The minimum Gasteiger partial charge on any atom is -0.321 e. The SMILES string of the molecule is CSCCC(N)C(=O)Cc1ccccc1. The summed E-state index contributed by atoms with van der Waals surface area (Å²) in [7, 11) is 0. The van der Waals surface area contributed by atoms with Crippen LogP contribution in [0.3, 0.4) is 0 Å². The van der Waals surface area contributed by atoms with Gasteiger partial charge in [-0.05, 0) is 24.0 Å². The molecule has 0 amide bonds. The van der Waals surface area contributed by atoms with E-state index in [-0.39, 0.29) is 11.8 Å². The van der Waals surface area contributed by atoms with Crippen LogP contribution in [0.2, 0.25) is 0 Å². The first-order valence-corrected chi connectivity index (χ1v) is 6.44. The Hall–Kier alpha value is -0.800. The van der Waals surface area contributed by atoms with Crippen molar-refractivity contribution in [1.82, 2.24) is 0 Å². The first-order chi connectivity index (χ1) is 7.24. The summed E-state index contributed by atoms with van der Waals surface area (Å²) >= 11 is 1.72. The lowest BCUT2D eigenvalue weighted by molar-refractivity contribution is -0.119. The summed E-state index contributed by atoms with van der Waals surface area (Å²) in [5.41, 5.74) is 6.83. The molecule has 2 N–H and O–H groups in total. The Bertz CT molecular complexity index is 300. The molecule has 0 aliphatic rings. The number of carbonyl (C=O) groups excluding carboxylic acids is 1. The summed E-state index contributed by atoms with van der Waals surface area (Å²) in [6, 6.07) is 9.43. The lowest BCUT2D eigenvalue weighted by atomic mass is 10.0. The van der Waals surface area contributed by atoms with Gasteiger partial charge in [-0.3, -0.25) is 4.79 Å². The monoisotopic (exact) mass is 223 g/mol. The van der Waals surface area contributed by atoms with E-state index in [1.807, 2.05) is 36.6 Å². The molecular formula is C12H17NOS. The highest BCUT2D eigenvalue weighted by Gasteiger charge is 2.12. The van der Waals surface area contributed by atoms with Crippen molar-refractivity contribution in [2.24, 2.45) is 5.73 Å². The van der Waals surface area contributed by atoms with Gasteiger partial charge in [0.1, 0.15) is 0 Å². The van der Waals surface area contributed by atoms with Crippen LogP contribution in [0, 0.1) is 0 Å². The number of ketones is 1. The summed E-state index contributed by atoms with van der Waals surface area (Å²) < 4.78 is 0. The van der Waals surface area contributed by atoms with Gasteiger partial charge in [-0.2, -0.15) is 11.8 Å². The summed E-state index contributed by atoms with van der Waals surface area (Å²) in [6.07, 6.45) is 3.25. The van der Waals surface area contributed by atoms with E-state index >= 15 is 0 Å². The highest BCUT2D eigenvalue weighted by atomic mass is 32.2. The van der Waals surface area contributed by atoms with Gasteiger partial charge in [0, 0.05) is 6.42 Å². The van der Waals surface area contributed by atoms with E-state index in [1.165, 1.54) is 0 Å². The summed E-state index contributed by atoms with van der Waals surface area (Å²) in [5, 5.41) is 0. The minimum absolute atomic E-state index is 0.134. The van der Waals surface area contributed by atoms with Gasteiger partial charge in [0.2, 0.25) is 0 Å². The second kappa shape index (κ2) is 6.64. The molecule has 0 aliphatic carbocycles. The molecule has 1 aromatic carbocycles. The third-order valence-corrected chi connectivity index (χ3v) is 2.91. The van der Waals surface area contributed by atoms with E-state index in [0.29, 0.717) is 6.42 Å². The van der Waals surface area contributed by atoms with E-state index in [9.17, 15) is 4.79 Å². The molecule has 15 heavy (non-hydrogen) atoms. The molecule has 1 aromatic rings. The van der Waals surface area contributed by atoms with Crippen molar-refractivity contribution in [3.63, 3.8) is 0 Å². The number of hydrogen-bond acceptors (Lipinski definition) is 3. The van der Waals surface area contributed by atoms with Crippen LogP contribution >= 0.6 is 11.8 Å². The van der Waals surface area contributed by atoms with Gasteiger partial charge in [-0.15, -0.1) is 0 Å². The summed E-state index contributed by atoms with van der Waals surface area (Å²) in [4.78, 5) is 11.7. The smallest absolute Gasteiger partial charge is 0.153 e. The molecule has 0 fully saturated rings. The predicted octanol–water partition coefficient (Wildman–Crippen LogP) is 1.88. The van der Waals surface area contributed by atoms with Crippen LogP contribution in [0.5, 0.6) is 0 Å². The van der Waals surface area contributed by atoms with Crippen molar-refractivity contribution in [1.29, 1.82) is 0 Å². The van der Waals surface area contributed by atoms with E-state index in [4.69, 9.17) is 5.73 Å².